The lowest BCUT2D eigenvalue weighted by Gasteiger charge is -2.08. The summed E-state index contributed by atoms with van der Waals surface area (Å²) in [5, 5.41) is 2.76. The Labute approximate surface area is 133 Å². The molecule has 2 heterocycles. The summed E-state index contributed by atoms with van der Waals surface area (Å²) in [6, 6.07) is 6.39. The zero-order chi connectivity index (χ0) is 15.0. The smallest absolute Gasteiger partial charge is 0.271 e. The Morgan fingerprint density at radius 2 is 2.24 bits per heavy atom. The minimum absolute atomic E-state index is 0.0860. The number of fused-ring (bicyclic) bond motifs is 1. The molecule has 0 aliphatic heterocycles. The van der Waals surface area contributed by atoms with Crippen LogP contribution in [0, 0.1) is 5.82 Å². The maximum Gasteiger partial charge on any atom is 0.271 e. The second-order valence-electron chi connectivity index (χ2n) is 4.38. The normalized spacial score (nSPS) is 11.2. The van der Waals surface area contributed by atoms with Crippen LogP contribution in [0.15, 0.2) is 39.6 Å². The lowest BCUT2D eigenvalue weighted by atomic mass is 10.2. The third-order valence-electron chi connectivity index (χ3n) is 3.05. The Morgan fingerprint density at radius 1 is 1.43 bits per heavy atom. The summed E-state index contributed by atoms with van der Waals surface area (Å²) in [6.07, 6.45) is 0. The van der Waals surface area contributed by atoms with E-state index in [1.165, 1.54) is 33.7 Å². The van der Waals surface area contributed by atoms with Gasteiger partial charge in [-0.3, -0.25) is 9.36 Å². The van der Waals surface area contributed by atoms with E-state index in [-0.39, 0.29) is 11.4 Å². The lowest BCUT2D eigenvalue weighted by molar-refractivity contribution is 0.617. The van der Waals surface area contributed by atoms with E-state index in [2.05, 4.69) is 4.98 Å². The number of thiophene rings is 1. The van der Waals surface area contributed by atoms with Crippen LogP contribution in [-0.2, 0) is 12.8 Å². The van der Waals surface area contributed by atoms with Crippen LogP contribution < -0.4 is 5.56 Å². The molecule has 0 radical (unpaired) electrons. The van der Waals surface area contributed by atoms with Gasteiger partial charge in [0, 0.05) is 23.4 Å². The third-order valence-corrected chi connectivity index (χ3v) is 5.36. The third kappa shape index (κ3) is 2.71. The quantitative estimate of drug-likeness (QED) is 0.532. The van der Waals surface area contributed by atoms with Crippen LogP contribution in [0.1, 0.15) is 5.56 Å². The van der Waals surface area contributed by atoms with E-state index in [0.717, 1.165) is 0 Å². The van der Waals surface area contributed by atoms with Gasteiger partial charge in [0.15, 0.2) is 5.16 Å². The number of benzene rings is 1. The summed E-state index contributed by atoms with van der Waals surface area (Å²) in [7, 11) is 1.67. The molecule has 21 heavy (non-hydrogen) atoms. The van der Waals surface area contributed by atoms with Crippen LogP contribution in [0.4, 0.5) is 4.39 Å². The molecular weight excluding hydrogens is 331 g/mol. The first-order chi connectivity index (χ1) is 10.1. The van der Waals surface area contributed by atoms with Crippen molar-refractivity contribution in [1.82, 2.24) is 9.55 Å². The molecule has 3 rings (SSSR count). The van der Waals surface area contributed by atoms with E-state index < -0.39 is 0 Å². The average molecular weight is 341 g/mol. The van der Waals surface area contributed by atoms with E-state index >= 15 is 0 Å². The van der Waals surface area contributed by atoms with Gasteiger partial charge >= 0.3 is 0 Å². The topological polar surface area (TPSA) is 34.9 Å². The molecule has 0 saturated heterocycles. The monoisotopic (exact) mass is 340 g/mol. The predicted molar refractivity (Wildman–Crippen MR) is 85.8 cm³/mol. The summed E-state index contributed by atoms with van der Waals surface area (Å²) in [4.78, 5) is 16.6. The van der Waals surface area contributed by atoms with Gasteiger partial charge in [-0.1, -0.05) is 29.4 Å². The van der Waals surface area contributed by atoms with Crippen molar-refractivity contribution >= 4 is 44.9 Å². The maximum absolute atomic E-state index is 13.8. The van der Waals surface area contributed by atoms with E-state index in [0.29, 0.717) is 31.7 Å². The Hall–Kier alpha value is -1.37. The summed E-state index contributed by atoms with van der Waals surface area (Å²) >= 11 is 8.67. The first kappa shape index (κ1) is 14.6. The Morgan fingerprint density at radius 3 is 3.00 bits per heavy atom. The standard InChI is InChI=1S/C14H10ClFN2OS2/c1-18-13(19)12-11(5-6-20-12)17-14(18)21-7-8-9(15)3-2-4-10(8)16/h2-6H,7H2,1H3. The summed E-state index contributed by atoms with van der Waals surface area (Å²) in [6.45, 7) is 0. The zero-order valence-electron chi connectivity index (χ0n) is 11.0. The van der Waals surface area contributed by atoms with Crippen LogP contribution in [0.3, 0.4) is 0 Å². The highest BCUT2D eigenvalue weighted by Gasteiger charge is 2.12. The van der Waals surface area contributed by atoms with Crippen molar-refractivity contribution in [3.05, 3.63) is 56.4 Å². The highest BCUT2D eigenvalue weighted by Crippen LogP contribution is 2.28. The molecule has 0 unspecified atom stereocenters. The number of hydrogen-bond donors (Lipinski definition) is 0. The van der Waals surface area contributed by atoms with Crippen molar-refractivity contribution < 1.29 is 4.39 Å². The molecule has 0 amide bonds. The van der Waals surface area contributed by atoms with Gasteiger partial charge in [-0.15, -0.1) is 11.3 Å². The molecule has 0 fully saturated rings. The molecule has 7 heteroatoms. The Kier molecular flexibility index (Phi) is 4.01. The molecule has 0 spiro atoms. The van der Waals surface area contributed by atoms with Gasteiger partial charge in [-0.05, 0) is 23.6 Å². The fraction of sp³-hybridized carbons (Fsp3) is 0.143. The molecule has 0 N–H and O–H groups in total. The van der Waals surface area contributed by atoms with Crippen molar-refractivity contribution in [2.45, 2.75) is 10.9 Å². The van der Waals surface area contributed by atoms with Crippen molar-refractivity contribution in [1.29, 1.82) is 0 Å². The van der Waals surface area contributed by atoms with Crippen molar-refractivity contribution in [2.24, 2.45) is 7.05 Å². The molecular formula is C14H10ClFN2OS2. The molecule has 1 aromatic carbocycles. The first-order valence-electron chi connectivity index (χ1n) is 6.08. The fourth-order valence-corrected chi connectivity index (χ4v) is 4.02. The van der Waals surface area contributed by atoms with Crippen LogP contribution in [0.25, 0.3) is 10.2 Å². The second kappa shape index (κ2) is 5.79. The van der Waals surface area contributed by atoms with Crippen LogP contribution >= 0.6 is 34.7 Å². The number of halogens is 2. The molecule has 0 atom stereocenters. The molecule has 3 aromatic rings. The van der Waals surface area contributed by atoms with Gasteiger partial charge in [0.25, 0.3) is 5.56 Å². The molecule has 0 aliphatic rings. The molecule has 2 aromatic heterocycles. The highest BCUT2D eigenvalue weighted by atomic mass is 35.5. The average Bonchev–Trinajstić information content (AvgIpc) is 2.92. The number of nitrogens with zero attached hydrogens (tertiary/aromatic N) is 2. The van der Waals surface area contributed by atoms with Crippen molar-refractivity contribution in [2.75, 3.05) is 0 Å². The van der Waals surface area contributed by atoms with E-state index in [4.69, 9.17) is 11.6 Å². The Bertz CT molecular complexity index is 855. The molecule has 0 aliphatic carbocycles. The van der Waals surface area contributed by atoms with Gasteiger partial charge in [0.1, 0.15) is 10.5 Å². The van der Waals surface area contributed by atoms with Gasteiger partial charge in [-0.25, -0.2) is 9.37 Å². The molecule has 0 saturated carbocycles. The molecule has 108 valence electrons. The minimum Gasteiger partial charge on any atom is -0.290 e. The predicted octanol–water partition coefficient (Wildman–Crippen LogP) is 4.08. The fourth-order valence-electron chi connectivity index (χ4n) is 1.90. The number of hydrogen-bond acceptors (Lipinski definition) is 4. The number of aromatic nitrogens is 2. The zero-order valence-corrected chi connectivity index (χ0v) is 13.4. The van der Waals surface area contributed by atoms with Gasteiger partial charge in [0.2, 0.25) is 0 Å². The first-order valence-corrected chi connectivity index (χ1v) is 8.32. The number of thioether (sulfide) groups is 1. The molecule has 3 nitrogen and oxygen atoms in total. The van der Waals surface area contributed by atoms with Gasteiger partial charge in [-0.2, -0.15) is 0 Å². The van der Waals surface area contributed by atoms with E-state index in [9.17, 15) is 9.18 Å². The van der Waals surface area contributed by atoms with Crippen LogP contribution in [0.5, 0.6) is 0 Å². The highest BCUT2D eigenvalue weighted by molar-refractivity contribution is 7.98. The SMILES string of the molecule is Cn1c(SCc2c(F)cccc2Cl)nc2ccsc2c1=O. The van der Waals surface area contributed by atoms with Crippen LogP contribution in [0.2, 0.25) is 5.02 Å². The Balaban J connectivity index is 1.95. The van der Waals surface area contributed by atoms with Crippen molar-refractivity contribution in [3.8, 4) is 0 Å². The largest absolute Gasteiger partial charge is 0.290 e. The minimum atomic E-state index is -0.350. The van der Waals surface area contributed by atoms with E-state index in [1.807, 2.05) is 11.4 Å². The summed E-state index contributed by atoms with van der Waals surface area (Å²) in [5.74, 6) is -0.0295. The van der Waals surface area contributed by atoms with Gasteiger partial charge < -0.3 is 0 Å². The van der Waals surface area contributed by atoms with E-state index in [1.54, 1.807) is 19.2 Å². The lowest BCUT2D eigenvalue weighted by Crippen LogP contribution is -2.18. The number of rotatable bonds is 3. The summed E-state index contributed by atoms with van der Waals surface area (Å²) < 4.78 is 15.9. The maximum atomic E-state index is 13.8. The summed E-state index contributed by atoms with van der Waals surface area (Å²) in [5.41, 5.74) is 1.01. The van der Waals surface area contributed by atoms with Crippen molar-refractivity contribution in [3.63, 3.8) is 0 Å². The second-order valence-corrected chi connectivity index (χ2v) is 6.65. The van der Waals surface area contributed by atoms with Crippen LogP contribution in [-0.4, -0.2) is 9.55 Å². The van der Waals surface area contributed by atoms with Gasteiger partial charge in [0.05, 0.1) is 5.52 Å². The molecule has 0 bridgehead atoms.